The van der Waals surface area contributed by atoms with E-state index in [4.69, 9.17) is 9.47 Å². The average Bonchev–Trinajstić information content (AvgIpc) is 3.09. The van der Waals surface area contributed by atoms with Crippen molar-refractivity contribution in [2.45, 2.75) is 6.92 Å². The predicted octanol–water partition coefficient (Wildman–Crippen LogP) is 5.16. The zero-order valence-corrected chi connectivity index (χ0v) is 15.4. The molecule has 4 rings (SSSR count). The van der Waals surface area contributed by atoms with Gasteiger partial charge in [-0.3, -0.25) is 0 Å². The van der Waals surface area contributed by atoms with Gasteiger partial charge in [0, 0.05) is 49.5 Å². The van der Waals surface area contributed by atoms with Gasteiger partial charge in [-0.1, -0.05) is 12.1 Å². The van der Waals surface area contributed by atoms with Crippen molar-refractivity contribution in [2.75, 3.05) is 18.6 Å². The van der Waals surface area contributed by atoms with Crippen LogP contribution in [-0.2, 0) is 0 Å². The molecule has 136 valence electrons. The number of nitrogens with zero attached hydrogens (tertiary/aromatic N) is 3. The molecule has 0 radical (unpaired) electrons. The van der Waals surface area contributed by atoms with E-state index in [1.165, 1.54) is 0 Å². The first-order valence-electron chi connectivity index (χ1n) is 8.79. The topological polar surface area (TPSA) is 37.8 Å². The van der Waals surface area contributed by atoms with Crippen molar-refractivity contribution in [1.29, 1.82) is 0 Å². The van der Waals surface area contributed by atoms with Gasteiger partial charge in [0.05, 0.1) is 6.67 Å². The number of aromatic nitrogens is 1. The molecule has 27 heavy (non-hydrogen) atoms. The van der Waals surface area contributed by atoms with Crippen molar-refractivity contribution in [2.24, 2.45) is 0 Å². The molecule has 0 unspecified atom stereocenters. The first kappa shape index (κ1) is 17.0. The van der Waals surface area contributed by atoms with Gasteiger partial charge in [-0.2, -0.15) is 0 Å². The number of hydrogen-bond donors (Lipinski definition) is 0. The molecule has 0 bridgehead atoms. The third-order valence-electron chi connectivity index (χ3n) is 4.18. The molecule has 0 fully saturated rings. The molecule has 2 heterocycles. The molecule has 0 spiro atoms. The van der Waals surface area contributed by atoms with Crippen LogP contribution in [0, 0.1) is 6.92 Å². The van der Waals surface area contributed by atoms with Crippen LogP contribution in [0.2, 0.25) is 0 Å². The molecule has 0 saturated carbocycles. The minimum absolute atomic E-state index is 0.569. The number of ether oxygens (including phenoxy) is 2. The van der Waals surface area contributed by atoms with Gasteiger partial charge < -0.3 is 19.3 Å². The number of rotatable bonds is 5. The Bertz CT molecular complexity index is 971. The summed E-state index contributed by atoms with van der Waals surface area (Å²) in [5.41, 5.74) is 2.19. The number of hydrogen-bond acceptors (Lipinski definition) is 5. The fourth-order valence-corrected chi connectivity index (χ4v) is 2.84. The van der Waals surface area contributed by atoms with Crippen LogP contribution < -0.4 is 14.4 Å². The van der Waals surface area contributed by atoms with Crippen LogP contribution in [0.4, 0.5) is 5.69 Å². The lowest BCUT2D eigenvalue weighted by Crippen LogP contribution is -2.21. The molecule has 0 atom stereocenters. The van der Waals surface area contributed by atoms with Crippen LogP contribution in [-0.4, -0.2) is 23.6 Å². The Morgan fingerprint density at radius 2 is 1.59 bits per heavy atom. The van der Waals surface area contributed by atoms with Crippen molar-refractivity contribution in [1.82, 2.24) is 9.88 Å². The fraction of sp³-hybridized carbons (Fsp3) is 0.136. The second-order valence-corrected chi connectivity index (χ2v) is 6.51. The van der Waals surface area contributed by atoms with E-state index in [0.717, 1.165) is 23.7 Å². The summed E-state index contributed by atoms with van der Waals surface area (Å²) in [6, 6.07) is 19.4. The van der Waals surface area contributed by atoms with Crippen molar-refractivity contribution < 1.29 is 9.47 Å². The van der Waals surface area contributed by atoms with Gasteiger partial charge in [-0.05, 0) is 42.8 Å². The highest BCUT2D eigenvalue weighted by Crippen LogP contribution is 2.30. The van der Waals surface area contributed by atoms with Crippen LogP contribution in [0.1, 0.15) is 5.56 Å². The SMILES string of the molecule is Cc1ccnc(Oc2cccc(Oc3cccc(N4C=CN(C)C4)c3)c2)c1. The molecule has 0 N–H and O–H groups in total. The summed E-state index contributed by atoms with van der Waals surface area (Å²) >= 11 is 0. The van der Waals surface area contributed by atoms with Crippen LogP contribution in [0.3, 0.4) is 0 Å². The van der Waals surface area contributed by atoms with E-state index in [1.54, 1.807) is 6.20 Å². The van der Waals surface area contributed by atoms with E-state index in [9.17, 15) is 0 Å². The average molecular weight is 359 g/mol. The maximum absolute atomic E-state index is 6.04. The molecule has 3 aromatic rings. The Kier molecular flexibility index (Phi) is 4.66. The Hall–Kier alpha value is -3.47. The Morgan fingerprint density at radius 1 is 0.852 bits per heavy atom. The summed E-state index contributed by atoms with van der Waals surface area (Å²) < 4.78 is 11.9. The van der Waals surface area contributed by atoms with Gasteiger partial charge >= 0.3 is 0 Å². The third kappa shape index (κ3) is 4.20. The highest BCUT2D eigenvalue weighted by atomic mass is 16.5. The molecule has 2 aromatic carbocycles. The zero-order chi connectivity index (χ0) is 18.6. The monoisotopic (exact) mass is 359 g/mol. The molecule has 0 amide bonds. The standard InChI is InChI=1S/C22H21N3O2/c1-17-9-10-23-22(13-17)27-21-8-4-7-20(15-21)26-19-6-3-5-18(14-19)25-12-11-24(2)16-25/h3-15H,16H2,1-2H3. The summed E-state index contributed by atoms with van der Waals surface area (Å²) in [6.07, 6.45) is 5.84. The summed E-state index contributed by atoms with van der Waals surface area (Å²) in [4.78, 5) is 8.51. The van der Waals surface area contributed by atoms with Gasteiger partial charge in [-0.25, -0.2) is 4.98 Å². The lowest BCUT2D eigenvalue weighted by molar-refractivity contribution is 0.448. The maximum Gasteiger partial charge on any atom is 0.219 e. The van der Waals surface area contributed by atoms with Crippen LogP contribution in [0.15, 0.2) is 79.3 Å². The van der Waals surface area contributed by atoms with Gasteiger partial charge in [0.2, 0.25) is 5.88 Å². The molecule has 5 nitrogen and oxygen atoms in total. The maximum atomic E-state index is 6.04. The van der Waals surface area contributed by atoms with E-state index in [2.05, 4.69) is 27.1 Å². The lowest BCUT2D eigenvalue weighted by Gasteiger charge is -2.19. The predicted molar refractivity (Wildman–Crippen MR) is 106 cm³/mol. The van der Waals surface area contributed by atoms with E-state index in [1.807, 2.05) is 74.8 Å². The first-order valence-corrected chi connectivity index (χ1v) is 8.79. The Labute approximate surface area is 159 Å². The Morgan fingerprint density at radius 3 is 2.33 bits per heavy atom. The third-order valence-corrected chi connectivity index (χ3v) is 4.18. The molecule has 0 saturated heterocycles. The van der Waals surface area contributed by atoms with E-state index in [0.29, 0.717) is 17.4 Å². The van der Waals surface area contributed by atoms with E-state index in [-0.39, 0.29) is 0 Å². The van der Waals surface area contributed by atoms with Gasteiger partial charge in [-0.15, -0.1) is 0 Å². The summed E-state index contributed by atoms with van der Waals surface area (Å²) in [6.45, 7) is 2.84. The quantitative estimate of drug-likeness (QED) is 0.629. The van der Waals surface area contributed by atoms with Crippen molar-refractivity contribution in [3.8, 4) is 23.1 Å². The summed E-state index contributed by atoms with van der Waals surface area (Å²) in [5, 5.41) is 0. The molecular formula is C22H21N3O2. The number of anilines is 1. The van der Waals surface area contributed by atoms with E-state index >= 15 is 0 Å². The number of aryl methyl sites for hydroxylation is 1. The smallest absolute Gasteiger partial charge is 0.219 e. The molecule has 1 aliphatic heterocycles. The fourth-order valence-electron chi connectivity index (χ4n) is 2.84. The summed E-state index contributed by atoms with van der Waals surface area (Å²) in [5.74, 6) is 2.75. The van der Waals surface area contributed by atoms with Crippen molar-refractivity contribution in [3.63, 3.8) is 0 Å². The summed E-state index contributed by atoms with van der Waals surface area (Å²) in [7, 11) is 2.05. The van der Waals surface area contributed by atoms with Gasteiger partial charge in [0.1, 0.15) is 17.2 Å². The second-order valence-electron chi connectivity index (χ2n) is 6.51. The number of pyridine rings is 1. The minimum Gasteiger partial charge on any atom is -0.457 e. The second kappa shape index (κ2) is 7.41. The minimum atomic E-state index is 0.569. The molecule has 1 aliphatic rings. The molecular weight excluding hydrogens is 338 g/mol. The van der Waals surface area contributed by atoms with Crippen LogP contribution in [0.5, 0.6) is 23.1 Å². The highest BCUT2D eigenvalue weighted by molar-refractivity contribution is 5.54. The van der Waals surface area contributed by atoms with Gasteiger partial charge in [0.15, 0.2) is 0 Å². The van der Waals surface area contributed by atoms with Crippen LogP contribution in [0.25, 0.3) is 0 Å². The number of benzene rings is 2. The van der Waals surface area contributed by atoms with Crippen molar-refractivity contribution >= 4 is 5.69 Å². The zero-order valence-electron chi connectivity index (χ0n) is 15.4. The molecule has 0 aliphatic carbocycles. The normalized spacial score (nSPS) is 13.1. The van der Waals surface area contributed by atoms with Gasteiger partial charge in [0.25, 0.3) is 0 Å². The first-order chi connectivity index (χ1) is 13.2. The molecule has 1 aromatic heterocycles. The lowest BCUT2D eigenvalue weighted by atomic mass is 10.2. The van der Waals surface area contributed by atoms with E-state index < -0.39 is 0 Å². The Balaban J connectivity index is 1.49. The van der Waals surface area contributed by atoms with Crippen LogP contribution >= 0.6 is 0 Å². The van der Waals surface area contributed by atoms with Crippen molar-refractivity contribution in [3.05, 3.63) is 84.8 Å². The largest absolute Gasteiger partial charge is 0.457 e. The molecule has 5 heteroatoms. The highest BCUT2D eigenvalue weighted by Gasteiger charge is 2.11.